The third-order valence-electron chi connectivity index (χ3n) is 3.97. The Morgan fingerprint density at radius 3 is 2.65 bits per heavy atom. The zero-order chi connectivity index (χ0) is 18.5. The number of pyridine rings is 1. The van der Waals surface area contributed by atoms with Crippen molar-refractivity contribution in [1.82, 2.24) is 10.3 Å². The SMILES string of the molecule is Cc1ccc(NCCCNC(=O)c2cc(=O)c3ccc(C)cc3o2)nc1. The molecule has 6 nitrogen and oxygen atoms in total. The summed E-state index contributed by atoms with van der Waals surface area (Å²) in [4.78, 5) is 28.6. The van der Waals surface area contributed by atoms with Gasteiger partial charge >= 0.3 is 0 Å². The minimum atomic E-state index is -0.390. The predicted octanol–water partition coefficient (Wildman–Crippen LogP) is 3.04. The molecule has 26 heavy (non-hydrogen) atoms. The van der Waals surface area contributed by atoms with Gasteiger partial charge in [-0.05, 0) is 49.6 Å². The average molecular weight is 351 g/mol. The van der Waals surface area contributed by atoms with E-state index in [4.69, 9.17) is 4.42 Å². The van der Waals surface area contributed by atoms with E-state index in [-0.39, 0.29) is 17.1 Å². The van der Waals surface area contributed by atoms with Crippen LogP contribution in [0.25, 0.3) is 11.0 Å². The van der Waals surface area contributed by atoms with Crippen LogP contribution in [0.2, 0.25) is 0 Å². The first kappa shape index (κ1) is 17.7. The van der Waals surface area contributed by atoms with Crippen molar-refractivity contribution in [3.8, 4) is 0 Å². The Bertz CT molecular complexity index is 978. The van der Waals surface area contributed by atoms with Crippen molar-refractivity contribution < 1.29 is 9.21 Å². The Balaban J connectivity index is 1.54. The summed E-state index contributed by atoms with van der Waals surface area (Å²) in [5, 5.41) is 6.43. The smallest absolute Gasteiger partial charge is 0.287 e. The lowest BCUT2D eigenvalue weighted by molar-refractivity contribution is 0.0926. The van der Waals surface area contributed by atoms with E-state index in [0.717, 1.165) is 23.4 Å². The number of benzene rings is 1. The minimum Gasteiger partial charge on any atom is -0.451 e. The molecule has 0 unspecified atom stereocenters. The molecule has 1 amide bonds. The van der Waals surface area contributed by atoms with Crippen molar-refractivity contribution in [3.05, 3.63) is 69.7 Å². The summed E-state index contributed by atoms with van der Waals surface area (Å²) in [6.45, 7) is 5.03. The maximum atomic E-state index is 12.2. The van der Waals surface area contributed by atoms with E-state index >= 15 is 0 Å². The number of rotatable bonds is 6. The van der Waals surface area contributed by atoms with Gasteiger partial charge in [-0.15, -0.1) is 0 Å². The summed E-state index contributed by atoms with van der Waals surface area (Å²) in [6.07, 6.45) is 2.52. The number of nitrogens with one attached hydrogen (secondary N) is 2. The van der Waals surface area contributed by atoms with Crippen LogP contribution in [-0.2, 0) is 0 Å². The van der Waals surface area contributed by atoms with Gasteiger partial charge in [0.15, 0.2) is 11.2 Å². The van der Waals surface area contributed by atoms with Crippen LogP contribution in [0.3, 0.4) is 0 Å². The molecule has 0 radical (unpaired) electrons. The summed E-state index contributed by atoms with van der Waals surface area (Å²) in [5.41, 5.74) is 2.28. The fourth-order valence-corrected chi connectivity index (χ4v) is 2.54. The molecule has 0 saturated carbocycles. The fraction of sp³-hybridized carbons (Fsp3) is 0.250. The molecule has 0 fully saturated rings. The number of nitrogens with zero attached hydrogens (tertiary/aromatic N) is 1. The van der Waals surface area contributed by atoms with E-state index in [9.17, 15) is 9.59 Å². The molecule has 3 rings (SSSR count). The van der Waals surface area contributed by atoms with Crippen molar-refractivity contribution in [2.45, 2.75) is 20.3 Å². The molecule has 134 valence electrons. The largest absolute Gasteiger partial charge is 0.451 e. The van der Waals surface area contributed by atoms with Crippen LogP contribution in [-0.4, -0.2) is 24.0 Å². The quantitative estimate of drug-likeness (QED) is 0.667. The summed E-state index contributed by atoms with van der Waals surface area (Å²) in [7, 11) is 0. The van der Waals surface area contributed by atoms with Gasteiger partial charge in [0.25, 0.3) is 5.91 Å². The minimum absolute atomic E-state index is 0.0289. The number of aromatic nitrogens is 1. The van der Waals surface area contributed by atoms with Gasteiger partial charge in [-0.3, -0.25) is 9.59 Å². The number of anilines is 1. The van der Waals surface area contributed by atoms with Crippen LogP contribution in [0.1, 0.15) is 28.1 Å². The Labute approximate surface area is 151 Å². The standard InChI is InChI=1S/C20H21N3O3/c1-13-4-6-15-16(24)11-18(26-17(15)10-13)20(25)22-9-3-8-21-19-7-5-14(2)12-23-19/h4-7,10-12H,3,8-9H2,1-2H3,(H,21,23)(H,22,25). The van der Waals surface area contributed by atoms with E-state index in [1.54, 1.807) is 18.3 Å². The monoisotopic (exact) mass is 351 g/mol. The van der Waals surface area contributed by atoms with Crippen LogP contribution >= 0.6 is 0 Å². The zero-order valence-electron chi connectivity index (χ0n) is 14.8. The van der Waals surface area contributed by atoms with E-state index in [1.165, 1.54) is 6.07 Å². The van der Waals surface area contributed by atoms with Gasteiger partial charge < -0.3 is 15.1 Å². The van der Waals surface area contributed by atoms with Gasteiger partial charge in [-0.2, -0.15) is 0 Å². The number of amides is 1. The van der Waals surface area contributed by atoms with Gasteiger partial charge in [0.05, 0.1) is 5.39 Å². The van der Waals surface area contributed by atoms with Crippen LogP contribution in [0.15, 0.2) is 51.8 Å². The predicted molar refractivity (Wildman–Crippen MR) is 102 cm³/mol. The van der Waals surface area contributed by atoms with Crippen molar-refractivity contribution in [2.75, 3.05) is 18.4 Å². The highest BCUT2D eigenvalue weighted by atomic mass is 16.3. The number of hydrogen-bond acceptors (Lipinski definition) is 5. The number of hydrogen-bond donors (Lipinski definition) is 2. The second kappa shape index (κ2) is 7.82. The molecule has 0 bridgehead atoms. The van der Waals surface area contributed by atoms with E-state index in [0.29, 0.717) is 24.1 Å². The highest BCUT2D eigenvalue weighted by molar-refractivity contribution is 5.93. The highest BCUT2D eigenvalue weighted by Crippen LogP contribution is 2.14. The molecule has 0 aliphatic heterocycles. The van der Waals surface area contributed by atoms with Crippen molar-refractivity contribution in [1.29, 1.82) is 0 Å². The van der Waals surface area contributed by atoms with Gasteiger partial charge in [0, 0.05) is 25.4 Å². The lowest BCUT2D eigenvalue weighted by atomic mass is 10.1. The molecule has 3 aromatic rings. The average Bonchev–Trinajstić information content (AvgIpc) is 2.62. The van der Waals surface area contributed by atoms with Crippen molar-refractivity contribution >= 4 is 22.7 Å². The van der Waals surface area contributed by atoms with Crippen LogP contribution in [0, 0.1) is 13.8 Å². The number of aryl methyl sites for hydroxylation is 2. The normalized spacial score (nSPS) is 10.7. The molecule has 6 heteroatoms. The van der Waals surface area contributed by atoms with Crippen molar-refractivity contribution in [3.63, 3.8) is 0 Å². The van der Waals surface area contributed by atoms with E-state index in [2.05, 4.69) is 15.6 Å². The number of carbonyl (C=O) groups is 1. The Morgan fingerprint density at radius 2 is 1.88 bits per heavy atom. The lowest BCUT2D eigenvalue weighted by Crippen LogP contribution is -2.26. The summed E-state index contributed by atoms with van der Waals surface area (Å²) < 4.78 is 5.59. The van der Waals surface area contributed by atoms with Gasteiger partial charge in [0.1, 0.15) is 11.4 Å². The molecule has 2 heterocycles. The molecule has 1 aromatic carbocycles. The number of fused-ring (bicyclic) bond motifs is 1. The topological polar surface area (TPSA) is 84.2 Å². The molecular formula is C20H21N3O3. The lowest BCUT2D eigenvalue weighted by Gasteiger charge is -2.07. The van der Waals surface area contributed by atoms with Crippen LogP contribution < -0.4 is 16.1 Å². The molecule has 0 saturated heterocycles. The second-order valence-electron chi connectivity index (χ2n) is 6.23. The third-order valence-corrected chi connectivity index (χ3v) is 3.97. The maximum Gasteiger partial charge on any atom is 0.287 e. The Hall–Kier alpha value is -3.15. The molecule has 2 aromatic heterocycles. The first-order valence-corrected chi connectivity index (χ1v) is 8.52. The molecule has 0 spiro atoms. The summed E-state index contributed by atoms with van der Waals surface area (Å²) in [6, 6.07) is 10.4. The zero-order valence-corrected chi connectivity index (χ0v) is 14.8. The van der Waals surface area contributed by atoms with Crippen molar-refractivity contribution in [2.24, 2.45) is 0 Å². The summed E-state index contributed by atoms with van der Waals surface area (Å²) >= 11 is 0. The molecule has 0 aliphatic rings. The van der Waals surface area contributed by atoms with Gasteiger partial charge in [-0.1, -0.05) is 12.1 Å². The van der Waals surface area contributed by atoms with E-state index in [1.807, 2.05) is 32.0 Å². The third kappa shape index (κ3) is 4.27. The second-order valence-corrected chi connectivity index (χ2v) is 6.23. The molecule has 0 aliphatic carbocycles. The van der Waals surface area contributed by atoms with Gasteiger partial charge in [0.2, 0.25) is 0 Å². The Morgan fingerprint density at radius 1 is 1.08 bits per heavy atom. The van der Waals surface area contributed by atoms with Crippen LogP contribution in [0.4, 0.5) is 5.82 Å². The molecule has 0 atom stereocenters. The van der Waals surface area contributed by atoms with Gasteiger partial charge in [-0.25, -0.2) is 4.98 Å². The fourth-order valence-electron chi connectivity index (χ4n) is 2.54. The molecule has 2 N–H and O–H groups in total. The Kier molecular flexibility index (Phi) is 5.31. The number of carbonyl (C=O) groups excluding carboxylic acids is 1. The first-order chi connectivity index (χ1) is 12.5. The molecular weight excluding hydrogens is 330 g/mol. The maximum absolute atomic E-state index is 12.2. The first-order valence-electron chi connectivity index (χ1n) is 8.52. The van der Waals surface area contributed by atoms with E-state index < -0.39 is 0 Å². The summed E-state index contributed by atoms with van der Waals surface area (Å²) in [5.74, 6) is 0.443. The van der Waals surface area contributed by atoms with Crippen LogP contribution in [0.5, 0.6) is 0 Å². The highest BCUT2D eigenvalue weighted by Gasteiger charge is 2.11.